The highest BCUT2D eigenvalue weighted by atomic mass is 32.2. The molecule has 1 aromatic heterocycles. The molecular formula is C16H14N2S2. The van der Waals surface area contributed by atoms with E-state index in [1.54, 1.807) is 11.8 Å². The van der Waals surface area contributed by atoms with E-state index in [-0.39, 0.29) is 0 Å². The Hall–Kier alpha value is -1.52. The summed E-state index contributed by atoms with van der Waals surface area (Å²) < 4.78 is 1.35. The Morgan fingerprint density at radius 1 is 1.30 bits per heavy atom. The number of nitrogens with zero attached hydrogens (tertiary/aromatic N) is 2. The van der Waals surface area contributed by atoms with Crippen LogP contribution in [0.25, 0.3) is 15.8 Å². The topological polar surface area (TPSA) is 15.6 Å². The maximum Gasteiger partial charge on any atom is 0.168 e. The molecule has 3 heterocycles. The number of thiophene rings is 1. The summed E-state index contributed by atoms with van der Waals surface area (Å²) in [6, 6.07) is 8.64. The SMILES string of the molecule is C/C=C\C1=C(c2csc3ccccc23)N2CCN=C2S1. The zero-order valence-corrected chi connectivity index (χ0v) is 12.8. The fourth-order valence-corrected chi connectivity index (χ4v) is 4.82. The average molecular weight is 298 g/mol. The molecule has 0 saturated heterocycles. The molecule has 0 N–H and O–H groups in total. The molecule has 0 amide bonds. The number of hydrogen-bond donors (Lipinski definition) is 0. The van der Waals surface area contributed by atoms with Gasteiger partial charge in [0.1, 0.15) is 0 Å². The monoisotopic (exact) mass is 298 g/mol. The van der Waals surface area contributed by atoms with Crippen LogP contribution in [0.1, 0.15) is 12.5 Å². The summed E-state index contributed by atoms with van der Waals surface area (Å²) >= 11 is 3.62. The first-order valence-corrected chi connectivity index (χ1v) is 8.41. The van der Waals surface area contributed by atoms with Gasteiger partial charge in [-0.1, -0.05) is 30.4 Å². The molecule has 0 spiro atoms. The standard InChI is InChI=1S/C16H14N2S2/c1-2-5-14-15(18-9-8-17-16(18)20-14)12-10-19-13-7-4-3-6-11(12)13/h2-7,10H,8-9H2,1H3/b5-2-. The lowest BCUT2D eigenvalue weighted by atomic mass is 10.1. The Balaban J connectivity index is 1.94. The Morgan fingerprint density at radius 3 is 3.10 bits per heavy atom. The summed E-state index contributed by atoms with van der Waals surface area (Å²) in [6.45, 7) is 3.99. The maximum absolute atomic E-state index is 4.60. The first-order valence-electron chi connectivity index (χ1n) is 6.72. The number of rotatable bonds is 2. The van der Waals surface area contributed by atoms with Crippen LogP contribution in [-0.4, -0.2) is 23.2 Å². The quantitative estimate of drug-likeness (QED) is 0.807. The second kappa shape index (κ2) is 4.79. The van der Waals surface area contributed by atoms with Crippen molar-refractivity contribution in [3.63, 3.8) is 0 Å². The van der Waals surface area contributed by atoms with Gasteiger partial charge < -0.3 is 4.90 Å². The Kier molecular flexibility index (Phi) is 2.93. The van der Waals surface area contributed by atoms with E-state index in [0.29, 0.717) is 0 Å². The summed E-state index contributed by atoms with van der Waals surface area (Å²) in [5, 5.41) is 4.79. The largest absolute Gasteiger partial charge is 0.317 e. The van der Waals surface area contributed by atoms with E-state index >= 15 is 0 Å². The second-order valence-electron chi connectivity index (χ2n) is 4.78. The molecule has 4 heteroatoms. The van der Waals surface area contributed by atoms with Crippen LogP contribution in [0.4, 0.5) is 0 Å². The molecule has 0 saturated carbocycles. The number of aliphatic imine (C=N–C) groups is 1. The Morgan fingerprint density at radius 2 is 2.20 bits per heavy atom. The van der Waals surface area contributed by atoms with E-state index in [9.17, 15) is 0 Å². The van der Waals surface area contributed by atoms with E-state index < -0.39 is 0 Å². The Labute approximate surface area is 126 Å². The van der Waals surface area contributed by atoms with Gasteiger partial charge in [0.05, 0.1) is 12.2 Å². The maximum atomic E-state index is 4.60. The minimum atomic E-state index is 0.914. The minimum Gasteiger partial charge on any atom is -0.317 e. The van der Waals surface area contributed by atoms with Crippen LogP contribution in [-0.2, 0) is 0 Å². The van der Waals surface area contributed by atoms with Crippen molar-refractivity contribution in [2.24, 2.45) is 4.99 Å². The van der Waals surface area contributed by atoms with Crippen molar-refractivity contribution in [1.29, 1.82) is 0 Å². The van der Waals surface area contributed by atoms with Crippen LogP contribution < -0.4 is 0 Å². The molecule has 100 valence electrons. The predicted molar refractivity (Wildman–Crippen MR) is 90.2 cm³/mol. The lowest BCUT2D eigenvalue weighted by molar-refractivity contribution is 0.649. The zero-order chi connectivity index (χ0) is 13.5. The fraction of sp³-hybridized carbons (Fsp3) is 0.188. The van der Waals surface area contributed by atoms with Gasteiger partial charge in [-0.05, 0) is 24.8 Å². The molecule has 2 aliphatic rings. The van der Waals surface area contributed by atoms with Gasteiger partial charge in [0, 0.05) is 32.5 Å². The van der Waals surface area contributed by atoms with Gasteiger partial charge in [0.15, 0.2) is 5.17 Å². The van der Waals surface area contributed by atoms with Crippen LogP contribution in [0.2, 0.25) is 0 Å². The number of thioether (sulfide) groups is 1. The molecule has 0 atom stereocenters. The minimum absolute atomic E-state index is 0.914. The van der Waals surface area contributed by atoms with E-state index in [4.69, 9.17) is 0 Å². The Bertz CT molecular complexity index is 768. The third kappa shape index (κ3) is 1.75. The highest BCUT2D eigenvalue weighted by molar-refractivity contribution is 8.17. The van der Waals surface area contributed by atoms with Gasteiger partial charge in [0.2, 0.25) is 0 Å². The van der Waals surface area contributed by atoms with Crippen LogP contribution in [0.5, 0.6) is 0 Å². The van der Waals surface area contributed by atoms with Crippen molar-refractivity contribution < 1.29 is 0 Å². The molecule has 20 heavy (non-hydrogen) atoms. The van der Waals surface area contributed by atoms with Gasteiger partial charge in [0.25, 0.3) is 0 Å². The van der Waals surface area contributed by atoms with Gasteiger partial charge in [-0.2, -0.15) is 0 Å². The molecule has 2 aromatic rings. The summed E-state index contributed by atoms with van der Waals surface area (Å²) in [5.74, 6) is 0. The summed E-state index contributed by atoms with van der Waals surface area (Å²) in [6.07, 6.45) is 4.31. The molecule has 1 aromatic carbocycles. The van der Waals surface area contributed by atoms with Crippen LogP contribution in [0.3, 0.4) is 0 Å². The highest BCUT2D eigenvalue weighted by Gasteiger charge is 2.32. The van der Waals surface area contributed by atoms with Gasteiger partial charge in [-0.25, -0.2) is 0 Å². The number of hydrogen-bond acceptors (Lipinski definition) is 4. The normalized spacial score (nSPS) is 18.4. The summed E-state index contributed by atoms with van der Waals surface area (Å²) in [5.41, 5.74) is 2.68. The number of benzene rings is 1. The molecule has 4 rings (SSSR count). The third-order valence-corrected chi connectivity index (χ3v) is 5.61. The van der Waals surface area contributed by atoms with E-state index in [2.05, 4.69) is 58.6 Å². The van der Waals surface area contributed by atoms with Crippen molar-refractivity contribution in [3.8, 4) is 0 Å². The molecule has 0 radical (unpaired) electrons. The van der Waals surface area contributed by atoms with Crippen LogP contribution in [0.15, 0.2) is 51.7 Å². The lowest BCUT2D eigenvalue weighted by Crippen LogP contribution is -2.19. The third-order valence-electron chi connectivity index (χ3n) is 3.56. The van der Waals surface area contributed by atoms with Crippen molar-refractivity contribution in [2.75, 3.05) is 13.1 Å². The van der Waals surface area contributed by atoms with Crippen LogP contribution in [0, 0.1) is 0 Å². The van der Waals surface area contributed by atoms with Gasteiger partial charge >= 0.3 is 0 Å². The molecule has 0 aliphatic carbocycles. The predicted octanol–water partition coefficient (Wildman–Crippen LogP) is 4.56. The van der Waals surface area contributed by atoms with E-state index in [1.807, 2.05) is 11.3 Å². The summed E-state index contributed by atoms with van der Waals surface area (Å²) in [7, 11) is 0. The number of amidine groups is 1. The highest BCUT2D eigenvalue weighted by Crippen LogP contribution is 2.45. The fourth-order valence-electron chi connectivity index (χ4n) is 2.70. The number of fused-ring (bicyclic) bond motifs is 2. The van der Waals surface area contributed by atoms with Crippen molar-refractivity contribution >= 4 is 44.0 Å². The second-order valence-corrected chi connectivity index (χ2v) is 6.70. The van der Waals surface area contributed by atoms with Crippen LogP contribution >= 0.6 is 23.1 Å². The lowest BCUT2D eigenvalue weighted by Gasteiger charge is -2.16. The van der Waals surface area contributed by atoms with Crippen molar-refractivity contribution in [3.05, 3.63) is 52.3 Å². The molecule has 0 unspecified atom stereocenters. The molecule has 0 bridgehead atoms. The smallest absolute Gasteiger partial charge is 0.168 e. The van der Waals surface area contributed by atoms with E-state index in [0.717, 1.165) is 18.3 Å². The molecule has 0 fully saturated rings. The molecule has 2 aliphatic heterocycles. The first-order chi connectivity index (χ1) is 9.88. The first kappa shape index (κ1) is 12.2. The number of allylic oxidation sites excluding steroid dienone is 2. The zero-order valence-electron chi connectivity index (χ0n) is 11.2. The van der Waals surface area contributed by atoms with E-state index in [1.165, 1.54) is 26.3 Å². The van der Waals surface area contributed by atoms with Crippen molar-refractivity contribution in [1.82, 2.24) is 4.90 Å². The molecule has 2 nitrogen and oxygen atoms in total. The van der Waals surface area contributed by atoms with Gasteiger partial charge in [-0.15, -0.1) is 11.3 Å². The molecular weight excluding hydrogens is 284 g/mol. The summed E-state index contributed by atoms with van der Waals surface area (Å²) in [4.78, 5) is 8.29. The van der Waals surface area contributed by atoms with Crippen molar-refractivity contribution in [2.45, 2.75) is 6.92 Å². The van der Waals surface area contributed by atoms with Gasteiger partial charge in [-0.3, -0.25) is 4.99 Å². The average Bonchev–Trinajstić information content (AvgIpc) is 3.13.